The predicted molar refractivity (Wildman–Crippen MR) is 81.4 cm³/mol. The van der Waals surface area contributed by atoms with Crippen molar-refractivity contribution in [3.63, 3.8) is 0 Å². The van der Waals surface area contributed by atoms with Crippen molar-refractivity contribution in [2.75, 3.05) is 11.7 Å². The summed E-state index contributed by atoms with van der Waals surface area (Å²) in [6.07, 6.45) is 4.53. The molecule has 0 unspecified atom stereocenters. The third kappa shape index (κ3) is 3.59. The van der Waals surface area contributed by atoms with E-state index in [1.165, 1.54) is 36.4 Å². The average Bonchev–Trinajstić information content (AvgIpc) is 2.43. The van der Waals surface area contributed by atoms with E-state index in [9.17, 15) is 4.39 Å². The maximum absolute atomic E-state index is 13.1. The number of benzene rings is 1. The Morgan fingerprint density at radius 1 is 1.30 bits per heavy atom. The summed E-state index contributed by atoms with van der Waals surface area (Å²) in [7, 11) is 0. The number of nitrogens with zero attached hydrogens (tertiary/aromatic N) is 3. The fourth-order valence-corrected chi connectivity index (χ4v) is 2.36. The van der Waals surface area contributed by atoms with Crippen LogP contribution in [0.5, 0.6) is 0 Å². The summed E-state index contributed by atoms with van der Waals surface area (Å²) in [5.41, 5.74) is 3.90. The zero-order valence-electron chi connectivity index (χ0n) is 10.3. The minimum atomic E-state index is -0.300. The quantitative estimate of drug-likeness (QED) is 0.397. The van der Waals surface area contributed by atoms with E-state index in [1.54, 1.807) is 6.07 Å². The van der Waals surface area contributed by atoms with E-state index in [2.05, 4.69) is 20.5 Å². The number of nitrogens with one attached hydrogen (secondary N) is 1. The lowest BCUT2D eigenvalue weighted by Crippen LogP contribution is -1.96. The summed E-state index contributed by atoms with van der Waals surface area (Å²) >= 11 is 13.2. The lowest BCUT2D eigenvalue weighted by molar-refractivity contribution is 0.624. The smallest absolute Gasteiger partial charge is 0.142 e. The number of hydrogen-bond acceptors (Lipinski definition) is 5. The van der Waals surface area contributed by atoms with Gasteiger partial charge in [0.25, 0.3) is 0 Å². The molecule has 0 amide bonds. The summed E-state index contributed by atoms with van der Waals surface area (Å²) in [4.78, 5) is 8.36. The third-order valence-electron chi connectivity index (χ3n) is 2.33. The molecule has 0 bridgehead atoms. The highest BCUT2D eigenvalue weighted by atomic mass is 35.5. The van der Waals surface area contributed by atoms with Gasteiger partial charge in [-0.3, -0.25) is 5.43 Å². The molecule has 4 nitrogen and oxygen atoms in total. The van der Waals surface area contributed by atoms with Gasteiger partial charge in [-0.25, -0.2) is 14.4 Å². The van der Waals surface area contributed by atoms with E-state index in [0.717, 1.165) is 4.90 Å². The van der Waals surface area contributed by atoms with E-state index in [1.807, 2.05) is 6.26 Å². The van der Waals surface area contributed by atoms with Gasteiger partial charge in [0, 0.05) is 4.90 Å². The van der Waals surface area contributed by atoms with E-state index in [0.29, 0.717) is 11.3 Å². The van der Waals surface area contributed by atoms with Gasteiger partial charge >= 0.3 is 0 Å². The molecule has 1 heterocycles. The maximum Gasteiger partial charge on any atom is 0.142 e. The summed E-state index contributed by atoms with van der Waals surface area (Å²) in [5, 5.41) is 4.43. The van der Waals surface area contributed by atoms with Crippen molar-refractivity contribution in [3.05, 3.63) is 46.2 Å². The van der Waals surface area contributed by atoms with Crippen LogP contribution in [0.4, 0.5) is 10.1 Å². The molecule has 1 aromatic heterocycles. The van der Waals surface area contributed by atoms with Crippen LogP contribution >= 0.6 is 35.0 Å². The molecule has 0 atom stereocenters. The Labute approximate surface area is 129 Å². The van der Waals surface area contributed by atoms with Crippen molar-refractivity contribution in [2.24, 2.45) is 5.10 Å². The zero-order chi connectivity index (χ0) is 14.5. The number of halogens is 3. The molecule has 0 spiro atoms. The Balaban J connectivity index is 2.18. The van der Waals surface area contributed by atoms with Crippen LogP contribution in [0, 0.1) is 5.82 Å². The average molecular weight is 331 g/mol. The number of aromatic nitrogens is 2. The zero-order valence-corrected chi connectivity index (χ0v) is 12.6. The van der Waals surface area contributed by atoms with E-state index < -0.39 is 0 Å². The van der Waals surface area contributed by atoms with Crippen molar-refractivity contribution in [1.82, 2.24) is 9.97 Å². The second-order valence-electron chi connectivity index (χ2n) is 3.58. The Bertz CT molecular complexity index is 631. The number of rotatable bonds is 4. The largest absolute Gasteiger partial charge is 0.277 e. The lowest BCUT2D eigenvalue weighted by Gasteiger charge is -2.06. The van der Waals surface area contributed by atoms with Crippen LogP contribution in [0.25, 0.3) is 0 Å². The topological polar surface area (TPSA) is 50.2 Å². The standard InChI is InChI=1S/C12H9Cl2FN4S/c1-20-10-4-7(15)2-3-9(10)19-18-5-8-11(13)16-6-17-12(8)14/h2-6,19H,1H3/b18-5-. The van der Waals surface area contributed by atoms with Crippen molar-refractivity contribution in [1.29, 1.82) is 0 Å². The molecule has 1 aromatic carbocycles. The fourth-order valence-electron chi connectivity index (χ4n) is 1.38. The number of hydrogen-bond donors (Lipinski definition) is 1. The molecular formula is C12H9Cl2FN4S. The second kappa shape index (κ2) is 6.88. The molecular weight excluding hydrogens is 322 g/mol. The van der Waals surface area contributed by atoms with Gasteiger partial charge in [-0.05, 0) is 24.5 Å². The first kappa shape index (κ1) is 15.0. The number of anilines is 1. The Morgan fingerprint density at radius 3 is 2.65 bits per heavy atom. The van der Waals surface area contributed by atoms with E-state index in [-0.39, 0.29) is 16.1 Å². The predicted octanol–water partition coefficient (Wildman–Crippen LogP) is 4.09. The summed E-state index contributed by atoms with van der Waals surface area (Å²) < 4.78 is 13.1. The molecule has 20 heavy (non-hydrogen) atoms. The van der Waals surface area contributed by atoms with Crippen LogP contribution in [-0.2, 0) is 0 Å². The Kier molecular flexibility index (Phi) is 5.17. The van der Waals surface area contributed by atoms with Gasteiger partial charge in [0.05, 0.1) is 17.5 Å². The summed E-state index contributed by atoms with van der Waals surface area (Å²) in [6, 6.07) is 4.38. The third-order valence-corrected chi connectivity index (χ3v) is 3.71. The SMILES string of the molecule is CSc1cc(F)ccc1N/N=C\c1c(Cl)ncnc1Cl. The van der Waals surface area contributed by atoms with Crippen molar-refractivity contribution in [3.8, 4) is 0 Å². The molecule has 0 radical (unpaired) electrons. The van der Waals surface area contributed by atoms with Crippen LogP contribution in [-0.4, -0.2) is 22.4 Å². The van der Waals surface area contributed by atoms with Gasteiger partial charge in [-0.2, -0.15) is 5.10 Å². The molecule has 0 saturated heterocycles. The highest BCUT2D eigenvalue weighted by Gasteiger charge is 2.05. The first-order chi connectivity index (χ1) is 9.61. The normalized spacial score (nSPS) is 11.0. The molecule has 0 aliphatic heterocycles. The van der Waals surface area contributed by atoms with Gasteiger partial charge in [-0.1, -0.05) is 23.2 Å². The number of hydrazone groups is 1. The second-order valence-corrected chi connectivity index (χ2v) is 5.15. The Hall–Kier alpha value is -1.37. The van der Waals surface area contributed by atoms with Gasteiger partial charge < -0.3 is 0 Å². The highest BCUT2D eigenvalue weighted by Crippen LogP contribution is 2.26. The van der Waals surface area contributed by atoms with Crippen molar-refractivity contribution in [2.45, 2.75) is 4.90 Å². The van der Waals surface area contributed by atoms with Crippen LogP contribution in [0.2, 0.25) is 10.3 Å². The first-order valence-electron chi connectivity index (χ1n) is 5.40. The fraction of sp³-hybridized carbons (Fsp3) is 0.0833. The van der Waals surface area contributed by atoms with Gasteiger partial charge in [0.15, 0.2) is 0 Å². The molecule has 8 heteroatoms. The lowest BCUT2D eigenvalue weighted by atomic mass is 10.3. The molecule has 0 aliphatic carbocycles. The van der Waals surface area contributed by atoms with E-state index in [4.69, 9.17) is 23.2 Å². The van der Waals surface area contributed by atoms with Gasteiger partial charge in [0.1, 0.15) is 22.5 Å². The number of thioether (sulfide) groups is 1. The molecule has 0 saturated carbocycles. The van der Waals surface area contributed by atoms with Crippen LogP contribution < -0.4 is 5.43 Å². The van der Waals surface area contributed by atoms with Crippen LogP contribution in [0.3, 0.4) is 0 Å². The van der Waals surface area contributed by atoms with Gasteiger partial charge in [0.2, 0.25) is 0 Å². The van der Waals surface area contributed by atoms with Gasteiger partial charge in [-0.15, -0.1) is 11.8 Å². The minimum Gasteiger partial charge on any atom is -0.277 e. The molecule has 2 rings (SSSR count). The minimum absolute atomic E-state index is 0.208. The monoisotopic (exact) mass is 330 g/mol. The summed E-state index contributed by atoms with van der Waals surface area (Å²) in [5.74, 6) is -0.300. The van der Waals surface area contributed by atoms with E-state index >= 15 is 0 Å². The molecule has 104 valence electrons. The Morgan fingerprint density at radius 2 is 2.00 bits per heavy atom. The van der Waals surface area contributed by atoms with Crippen molar-refractivity contribution < 1.29 is 4.39 Å². The molecule has 1 N–H and O–H groups in total. The van der Waals surface area contributed by atoms with Crippen LogP contribution in [0.1, 0.15) is 5.56 Å². The van der Waals surface area contributed by atoms with Crippen molar-refractivity contribution >= 4 is 46.9 Å². The van der Waals surface area contributed by atoms with Crippen LogP contribution in [0.15, 0.2) is 34.5 Å². The maximum atomic E-state index is 13.1. The highest BCUT2D eigenvalue weighted by molar-refractivity contribution is 7.98. The molecule has 2 aromatic rings. The first-order valence-corrected chi connectivity index (χ1v) is 7.38. The summed E-state index contributed by atoms with van der Waals surface area (Å²) in [6.45, 7) is 0. The molecule has 0 fully saturated rings. The molecule has 0 aliphatic rings.